The van der Waals surface area contributed by atoms with Crippen LogP contribution in [0.3, 0.4) is 0 Å². The predicted molar refractivity (Wildman–Crippen MR) is 55.9 cm³/mol. The number of carbonyl (C=O) groups is 3. The maximum atomic E-state index is 10.3. The Labute approximate surface area is 102 Å². The molecule has 0 aromatic rings. The lowest BCUT2D eigenvalue weighted by Crippen LogP contribution is -2.42. The van der Waals surface area contributed by atoms with Crippen LogP contribution in [0.5, 0.6) is 0 Å². The van der Waals surface area contributed by atoms with Crippen LogP contribution in [0.1, 0.15) is 19.3 Å². The fourth-order valence-corrected chi connectivity index (χ4v) is 0.785. The fourth-order valence-electron chi connectivity index (χ4n) is 0.785. The Bertz CT molecular complexity index is 268. The summed E-state index contributed by atoms with van der Waals surface area (Å²) >= 11 is 0. The Kier molecular flexibility index (Phi) is 9.67. The maximum Gasteiger partial charge on any atom is 0.336 e. The summed E-state index contributed by atoms with van der Waals surface area (Å²) in [7, 11) is 0. The molecule has 0 spiro atoms. The number of aliphatic hydroxyl groups is 3. The second kappa shape index (κ2) is 9.33. The van der Waals surface area contributed by atoms with Gasteiger partial charge in [0.15, 0.2) is 5.60 Å². The largest absolute Gasteiger partial charge is 0.481 e. The monoisotopic (exact) mass is 268 g/mol. The van der Waals surface area contributed by atoms with Gasteiger partial charge in [-0.2, -0.15) is 0 Å². The van der Waals surface area contributed by atoms with Crippen molar-refractivity contribution in [1.82, 2.24) is 0 Å². The molecular formula is C9H16O9. The molecule has 18 heavy (non-hydrogen) atoms. The SMILES string of the molecule is O=C(O)CC(O)(CC(=O)O)C(=O)O.OCCCO. The number of aliphatic hydroxyl groups excluding tert-OH is 2. The quantitative estimate of drug-likeness (QED) is 0.308. The van der Waals surface area contributed by atoms with Crippen molar-refractivity contribution in [3.8, 4) is 0 Å². The Morgan fingerprint density at radius 2 is 1.17 bits per heavy atom. The van der Waals surface area contributed by atoms with E-state index in [4.69, 9.17) is 30.6 Å². The molecular weight excluding hydrogens is 252 g/mol. The van der Waals surface area contributed by atoms with E-state index in [0.717, 1.165) is 0 Å². The molecule has 0 saturated carbocycles. The normalized spacial score (nSPS) is 10.2. The van der Waals surface area contributed by atoms with Gasteiger partial charge in [-0.1, -0.05) is 0 Å². The average molecular weight is 268 g/mol. The first-order valence-electron chi connectivity index (χ1n) is 4.80. The van der Waals surface area contributed by atoms with E-state index in [1.165, 1.54) is 0 Å². The predicted octanol–water partition coefficient (Wildman–Crippen LogP) is -1.89. The molecule has 0 radical (unpaired) electrons. The second-order valence-corrected chi connectivity index (χ2v) is 3.28. The van der Waals surface area contributed by atoms with Crippen LogP contribution < -0.4 is 0 Å². The van der Waals surface area contributed by atoms with Crippen molar-refractivity contribution in [2.75, 3.05) is 13.2 Å². The second-order valence-electron chi connectivity index (χ2n) is 3.28. The summed E-state index contributed by atoms with van der Waals surface area (Å²) in [5.41, 5.74) is -2.74. The molecule has 0 aliphatic rings. The summed E-state index contributed by atoms with van der Waals surface area (Å²) in [5, 5.41) is 49.6. The minimum atomic E-state index is -2.74. The summed E-state index contributed by atoms with van der Waals surface area (Å²) < 4.78 is 0. The standard InChI is InChI=1S/C6H8O7.C3H8O2/c7-3(8)1-6(13,5(11)12)2-4(9)10;4-2-1-3-5/h13H,1-2H2,(H,7,8)(H,9,10)(H,11,12);4-5H,1-3H2. The Balaban J connectivity index is 0. The minimum absolute atomic E-state index is 0.0938. The molecule has 0 fully saturated rings. The molecule has 0 saturated heterocycles. The summed E-state index contributed by atoms with van der Waals surface area (Å²) in [4.78, 5) is 30.5. The summed E-state index contributed by atoms with van der Waals surface area (Å²) in [5.74, 6) is -5.02. The smallest absolute Gasteiger partial charge is 0.336 e. The first kappa shape index (κ1) is 18.6. The first-order valence-corrected chi connectivity index (χ1v) is 4.80. The molecule has 0 amide bonds. The average Bonchev–Trinajstić information content (AvgIpc) is 2.16. The Morgan fingerprint density at radius 1 is 0.833 bits per heavy atom. The Hall–Kier alpha value is -1.71. The molecule has 9 nitrogen and oxygen atoms in total. The van der Waals surface area contributed by atoms with Crippen molar-refractivity contribution in [3.05, 3.63) is 0 Å². The maximum absolute atomic E-state index is 10.3. The van der Waals surface area contributed by atoms with E-state index in [0.29, 0.717) is 6.42 Å². The van der Waals surface area contributed by atoms with E-state index >= 15 is 0 Å². The van der Waals surface area contributed by atoms with Gasteiger partial charge >= 0.3 is 17.9 Å². The van der Waals surface area contributed by atoms with Gasteiger partial charge in [0.05, 0.1) is 12.8 Å². The van der Waals surface area contributed by atoms with Gasteiger partial charge in [0.25, 0.3) is 0 Å². The van der Waals surface area contributed by atoms with E-state index in [1.807, 2.05) is 0 Å². The number of carboxylic acid groups (broad SMARTS) is 3. The molecule has 6 N–H and O–H groups in total. The third-order valence-corrected chi connectivity index (χ3v) is 1.60. The number of hydrogen-bond acceptors (Lipinski definition) is 6. The minimum Gasteiger partial charge on any atom is -0.481 e. The summed E-state index contributed by atoms with van der Waals surface area (Å²) in [6.45, 7) is 0.188. The molecule has 9 heteroatoms. The molecule has 106 valence electrons. The highest BCUT2D eigenvalue weighted by molar-refractivity contribution is 5.88. The zero-order chi connectivity index (χ0) is 14.8. The highest BCUT2D eigenvalue weighted by atomic mass is 16.4. The van der Waals surface area contributed by atoms with Gasteiger partial charge in [-0.15, -0.1) is 0 Å². The lowest BCUT2D eigenvalue weighted by molar-refractivity contribution is -0.170. The van der Waals surface area contributed by atoms with Crippen molar-refractivity contribution in [3.63, 3.8) is 0 Å². The molecule has 0 aliphatic carbocycles. The number of carboxylic acids is 3. The molecule has 0 unspecified atom stereocenters. The van der Waals surface area contributed by atoms with Crippen molar-refractivity contribution >= 4 is 17.9 Å². The molecule has 0 atom stereocenters. The highest BCUT2D eigenvalue weighted by Gasteiger charge is 2.40. The van der Waals surface area contributed by atoms with Crippen LogP contribution in [0.4, 0.5) is 0 Å². The van der Waals surface area contributed by atoms with Gasteiger partial charge in [0.2, 0.25) is 0 Å². The zero-order valence-electron chi connectivity index (χ0n) is 9.44. The molecule has 0 heterocycles. The summed E-state index contributed by atoms with van der Waals surface area (Å²) in [6, 6.07) is 0. The fraction of sp³-hybridized carbons (Fsp3) is 0.667. The van der Waals surface area contributed by atoms with E-state index in [9.17, 15) is 14.4 Å². The van der Waals surface area contributed by atoms with Crippen molar-refractivity contribution in [1.29, 1.82) is 0 Å². The first-order chi connectivity index (χ1) is 8.19. The number of hydrogen-bond donors (Lipinski definition) is 6. The Morgan fingerprint density at radius 3 is 1.28 bits per heavy atom. The van der Waals surface area contributed by atoms with Gasteiger partial charge < -0.3 is 30.6 Å². The third-order valence-electron chi connectivity index (χ3n) is 1.60. The molecule has 0 bridgehead atoms. The molecule has 0 aliphatic heterocycles. The number of rotatable bonds is 7. The molecule has 0 rings (SSSR count). The molecule has 0 aromatic heterocycles. The summed E-state index contributed by atoms with van der Waals surface area (Å²) in [6.07, 6.45) is -1.79. The van der Waals surface area contributed by atoms with Crippen LogP contribution in [0.25, 0.3) is 0 Å². The van der Waals surface area contributed by atoms with Crippen LogP contribution in [-0.4, -0.2) is 67.4 Å². The molecule has 0 aromatic carbocycles. The van der Waals surface area contributed by atoms with E-state index < -0.39 is 36.4 Å². The number of aliphatic carboxylic acids is 3. The van der Waals surface area contributed by atoms with Gasteiger partial charge in [-0.3, -0.25) is 9.59 Å². The van der Waals surface area contributed by atoms with E-state index in [1.54, 1.807) is 0 Å². The third kappa shape index (κ3) is 9.51. The van der Waals surface area contributed by atoms with Crippen LogP contribution >= 0.6 is 0 Å². The van der Waals surface area contributed by atoms with Crippen LogP contribution in [-0.2, 0) is 14.4 Å². The van der Waals surface area contributed by atoms with Crippen LogP contribution in [0.2, 0.25) is 0 Å². The van der Waals surface area contributed by atoms with Crippen molar-refractivity contribution < 1.29 is 45.0 Å². The van der Waals surface area contributed by atoms with Crippen LogP contribution in [0.15, 0.2) is 0 Å². The highest BCUT2D eigenvalue weighted by Crippen LogP contribution is 2.15. The lowest BCUT2D eigenvalue weighted by atomic mass is 9.96. The van der Waals surface area contributed by atoms with Gasteiger partial charge in [0, 0.05) is 13.2 Å². The van der Waals surface area contributed by atoms with Gasteiger partial charge in [-0.25, -0.2) is 4.79 Å². The van der Waals surface area contributed by atoms with Crippen LogP contribution in [0, 0.1) is 0 Å². The zero-order valence-corrected chi connectivity index (χ0v) is 9.44. The van der Waals surface area contributed by atoms with Gasteiger partial charge in [-0.05, 0) is 6.42 Å². The topological polar surface area (TPSA) is 173 Å². The lowest BCUT2D eigenvalue weighted by Gasteiger charge is -2.18. The van der Waals surface area contributed by atoms with E-state index in [2.05, 4.69) is 0 Å². The van der Waals surface area contributed by atoms with Crippen molar-refractivity contribution in [2.24, 2.45) is 0 Å². The van der Waals surface area contributed by atoms with Crippen molar-refractivity contribution in [2.45, 2.75) is 24.9 Å². The van der Waals surface area contributed by atoms with Gasteiger partial charge in [0.1, 0.15) is 0 Å². The van der Waals surface area contributed by atoms with E-state index in [-0.39, 0.29) is 13.2 Å².